The minimum absolute atomic E-state index is 0.106. The number of amides is 2. The molecule has 2 fully saturated rings. The van der Waals surface area contributed by atoms with Crippen molar-refractivity contribution in [2.45, 2.75) is 75.6 Å². The van der Waals surface area contributed by atoms with E-state index in [4.69, 9.17) is 25.8 Å². The Hall–Kier alpha value is -3.16. The Morgan fingerprint density at radius 1 is 1.15 bits per heavy atom. The van der Waals surface area contributed by atoms with Gasteiger partial charge in [0.1, 0.15) is 11.4 Å². The Morgan fingerprint density at radius 2 is 1.96 bits per heavy atom. The van der Waals surface area contributed by atoms with Crippen LogP contribution in [0.4, 0.5) is 5.69 Å². The fourth-order valence-corrected chi connectivity index (χ4v) is 9.66. The highest BCUT2D eigenvalue weighted by Gasteiger charge is 2.50. The normalized spacial score (nSPS) is 24.5. The minimum atomic E-state index is -3.83. The predicted octanol–water partition coefficient (Wildman–Crippen LogP) is 5.45. The van der Waals surface area contributed by atoms with Crippen molar-refractivity contribution < 1.29 is 32.2 Å². The van der Waals surface area contributed by atoms with E-state index < -0.39 is 26.8 Å². The molecule has 1 spiro atoms. The van der Waals surface area contributed by atoms with Crippen LogP contribution in [0.5, 0.6) is 5.75 Å². The number of nitrogens with one attached hydrogen (secondary N) is 1. The number of sulfonamides is 1. The summed E-state index contributed by atoms with van der Waals surface area (Å²) in [7, 11) is -0.386. The van der Waals surface area contributed by atoms with Gasteiger partial charge in [-0.15, -0.1) is 0 Å². The second kappa shape index (κ2) is 16.9. The van der Waals surface area contributed by atoms with Crippen LogP contribution in [0.3, 0.4) is 0 Å². The number of aryl methyl sites for hydroxylation is 1. The number of methoxy groups -OCH3 is 2. The number of carbonyl (C=O) groups excluding carboxylic acids is 2. The van der Waals surface area contributed by atoms with E-state index in [1.54, 1.807) is 46.3 Å². The lowest BCUT2D eigenvalue weighted by Gasteiger charge is -2.52. The molecule has 0 unspecified atom stereocenters. The number of piperazine rings is 1. The molecule has 296 valence electrons. The largest absolute Gasteiger partial charge is 0.490 e. The number of ether oxygens (including phenoxy) is 3. The average molecular weight is 785 g/mol. The molecule has 11 nitrogen and oxygen atoms in total. The second-order valence-corrected chi connectivity index (χ2v) is 18.5. The van der Waals surface area contributed by atoms with Crippen molar-refractivity contribution in [2.24, 2.45) is 11.8 Å². The van der Waals surface area contributed by atoms with E-state index in [1.165, 1.54) is 11.1 Å². The number of halogens is 1. The first-order valence-electron chi connectivity index (χ1n) is 19.4. The molecule has 2 aliphatic heterocycles. The van der Waals surface area contributed by atoms with Crippen molar-refractivity contribution in [1.82, 2.24) is 14.5 Å². The van der Waals surface area contributed by atoms with Gasteiger partial charge in [-0.05, 0) is 106 Å². The maximum absolute atomic E-state index is 13.4. The van der Waals surface area contributed by atoms with Crippen LogP contribution >= 0.6 is 11.6 Å². The summed E-state index contributed by atoms with van der Waals surface area (Å²) in [6.45, 7) is 10.5. The van der Waals surface area contributed by atoms with Crippen molar-refractivity contribution >= 4 is 39.1 Å². The lowest BCUT2D eigenvalue weighted by molar-refractivity contribution is -0.140. The maximum Gasteiger partial charge on any atom is 0.264 e. The molecule has 2 aliphatic carbocycles. The first-order valence-corrected chi connectivity index (χ1v) is 21.3. The maximum atomic E-state index is 13.4. The summed E-state index contributed by atoms with van der Waals surface area (Å²) in [5.74, 6) is 0.524. The van der Waals surface area contributed by atoms with E-state index in [2.05, 4.69) is 45.7 Å². The van der Waals surface area contributed by atoms with Crippen LogP contribution in [0.1, 0.15) is 74.4 Å². The van der Waals surface area contributed by atoms with Crippen LogP contribution in [0, 0.1) is 11.8 Å². The van der Waals surface area contributed by atoms with Crippen LogP contribution in [0.25, 0.3) is 0 Å². The van der Waals surface area contributed by atoms with E-state index in [9.17, 15) is 18.0 Å². The van der Waals surface area contributed by atoms with Gasteiger partial charge < -0.3 is 24.0 Å². The molecule has 0 radical (unpaired) electrons. The molecular formula is C41H57ClN4O7S. The third kappa shape index (κ3) is 8.48. The van der Waals surface area contributed by atoms with Gasteiger partial charge in [0.15, 0.2) is 0 Å². The van der Waals surface area contributed by atoms with Gasteiger partial charge in [0, 0.05) is 69.5 Å². The summed E-state index contributed by atoms with van der Waals surface area (Å²) < 4.78 is 46.1. The zero-order valence-corrected chi connectivity index (χ0v) is 34.0. The number of hydrogen-bond donors (Lipinski definition) is 1. The number of carbonyl (C=O) groups is 2. The molecule has 4 atom stereocenters. The Bertz CT molecular complexity index is 1820. The van der Waals surface area contributed by atoms with Crippen molar-refractivity contribution in [1.29, 1.82) is 0 Å². The molecule has 1 saturated heterocycles. The number of benzene rings is 2. The number of allylic oxidation sites excluding steroid dienone is 1. The fraction of sp³-hybridized carbons (Fsp3) is 0.610. The molecule has 2 aromatic rings. The third-order valence-corrected chi connectivity index (χ3v) is 14.1. The van der Waals surface area contributed by atoms with E-state index in [-0.39, 0.29) is 28.7 Å². The number of anilines is 1. The summed E-state index contributed by atoms with van der Waals surface area (Å²) in [6.07, 6.45) is 10.1. The van der Waals surface area contributed by atoms with E-state index in [1.807, 2.05) is 11.0 Å². The Labute approximate surface area is 326 Å². The second-order valence-electron chi connectivity index (χ2n) is 15.8. The van der Waals surface area contributed by atoms with Gasteiger partial charge >= 0.3 is 0 Å². The van der Waals surface area contributed by atoms with Gasteiger partial charge in [0.2, 0.25) is 15.9 Å². The molecule has 13 heteroatoms. The molecule has 2 aromatic carbocycles. The smallest absolute Gasteiger partial charge is 0.264 e. The molecule has 0 aromatic heterocycles. The lowest BCUT2D eigenvalue weighted by atomic mass is 9.63. The number of hydrogen-bond acceptors (Lipinski definition) is 9. The van der Waals surface area contributed by atoms with Crippen LogP contribution in [-0.4, -0.2) is 114 Å². The van der Waals surface area contributed by atoms with Gasteiger partial charge in [-0.1, -0.05) is 36.7 Å². The zero-order chi connectivity index (χ0) is 38.7. The van der Waals surface area contributed by atoms with E-state index in [0.717, 1.165) is 55.8 Å². The Kier molecular flexibility index (Phi) is 12.7. The molecule has 54 heavy (non-hydrogen) atoms. The summed E-state index contributed by atoms with van der Waals surface area (Å²) in [6, 6.07) is 11.4. The predicted molar refractivity (Wildman–Crippen MR) is 212 cm³/mol. The topological polar surface area (TPSA) is 118 Å². The van der Waals surface area contributed by atoms with Gasteiger partial charge in [0.05, 0.1) is 30.7 Å². The van der Waals surface area contributed by atoms with Crippen molar-refractivity contribution in [3.63, 3.8) is 0 Å². The molecule has 1 saturated carbocycles. The monoisotopic (exact) mass is 784 g/mol. The van der Waals surface area contributed by atoms with Gasteiger partial charge in [0.25, 0.3) is 5.91 Å². The standard InChI is InChI=1S/C41H57ClN4O7S/c1-6-7-17-41(52-5,27-44-18-19-45(20-21-51-4)38(47)25-44)35-13-10-32(35)24-46-26-40(16-8-9-30-22-33(42)12-14-34(30)40)28-53-37-15-11-31(23-36(37)46)39(48)43-54(49,50)29(2)3/h7,11-12,14-15,17,22-23,29,32,35H,6,8-10,13,16,18-21,24-28H2,1-5H3,(H,43,48)/b17-7+/t32-,35+,40-,41-/m0/s1. The first kappa shape index (κ1) is 40.5. The highest BCUT2D eigenvalue weighted by atomic mass is 35.5. The molecule has 6 rings (SSSR count). The summed E-state index contributed by atoms with van der Waals surface area (Å²) in [4.78, 5) is 33.0. The average Bonchev–Trinajstić information content (AvgIpc) is 3.28. The molecule has 2 amide bonds. The van der Waals surface area contributed by atoms with E-state index >= 15 is 0 Å². The van der Waals surface area contributed by atoms with Crippen molar-refractivity contribution in [2.75, 3.05) is 78.1 Å². The number of rotatable bonds is 14. The highest BCUT2D eigenvalue weighted by Crippen LogP contribution is 2.49. The Balaban J connectivity index is 1.33. The first-order chi connectivity index (χ1) is 25.8. The third-order valence-electron chi connectivity index (χ3n) is 12.1. The lowest BCUT2D eigenvalue weighted by Crippen LogP contribution is -2.60. The Morgan fingerprint density at radius 3 is 2.65 bits per heavy atom. The van der Waals surface area contributed by atoms with Crippen LogP contribution < -0.4 is 14.4 Å². The summed E-state index contributed by atoms with van der Waals surface area (Å²) in [5.41, 5.74) is 2.60. The molecule has 4 aliphatic rings. The number of fused-ring (bicyclic) bond motifs is 3. The highest BCUT2D eigenvalue weighted by molar-refractivity contribution is 7.90. The minimum Gasteiger partial charge on any atom is -0.490 e. The molecule has 2 heterocycles. The van der Waals surface area contributed by atoms with E-state index in [0.29, 0.717) is 58.2 Å². The van der Waals surface area contributed by atoms with Crippen LogP contribution in [0.15, 0.2) is 48.6 Å². The van der Waals surface area contributed by atoms with Crippen LogP contribution in [-0.2, 0) is 36.1 Å². The van der Waals surface area contributed by atoms with Gasteiger partial charge in [-0.25, -0.2) is 13.1 Å². The number of nitrogens with zero attached hydrogens (tertiary/aromatic N) is 3. The quantitative estimate of drug-likeness (QED) is 0.250. The zero-order valence-electron chi connectivity index (χ0n) is 32.4. The molecular weight excluding hydrogens is 728 g/mol. The van der Waals surface area contributed by atoms with Gasteiger partial charge in [-0.3, -0.25) is 14.5 Å². The SMILES string of the molecule is CC/C=C/[C@@](CN1CCN(CCOC)C(=O)C1)(OC)[C@@H]1CC[C@H]1CN1C[C@@]2(CCCc3cc(Cl)ccc32)COc2ccc(C(=O)NS(=O)(=O)C(C)C)cc21. The van der Waals surface area contributed by atoms with Crippen molar-refractivity contribution in [3.05, 3.63) is 70.3 Å². The molecule has 1 N–H and O–H groups in total. The molecule has 0 bridgehead atoms. The van der Waals surface area contributed by atoms with Crippen molar-refractivity contribution in [3.8, 4) is 5.75 Å². The van der Waals surface area contributed by atoms with Crippen LogP contribution in [0.2, 0.25) is 5.02 Å². The fourth-order valence-electron chi connectivity index (χ4n) is 8.85. The summed E-state index contributed by atoms with van der Waals surface area (Å²) in [5, 5.41) is -0.0308. The van der Waals surface area contributed by atoms with Gasteiger partial charge in [-0.2, -0.15) is 0 Å². The summed E-state index contributed by atoms with van der Waals surface area (Å²) >= 11 is 6.49.